The number of carbonyl (C=O) groups is 2. The molecule has 2 aromatic rings. The smallest absolute Gasteiger partial charge is 0.338 e. The van der Waals surface area contributed by atoms with E-state index in [2.05, 4.69) is 4.90 Å². The number of likely N-dealkylation sites (N-methyl/N-ethyl adjacent to an activating group) is 1. The molecule has 2 bridgehead atoms. The lowest BCUT2D eigenvalue weighted by atomic mass is 10.0. The van der Waals surface area contributed by atoms with Gasteiger partial charge in [0.1, 0.15) is 12.2 Å². The third kappa shape index (κ3) is 5.43. The summed E-state index contributed by atoms with van der Waals surface area (Å²) in [5.41, 5.74) is 1.25. The molecule has 2 fully saturated rings. The van der Waals surface area contributed by atoms with Crippen LogP contribution in [0.1, 0.15) is 35.2 Å². The number of esters is 2. The highest BCUT2D eigenvalue weighted by Gasteiger charge is 2.47. The van der Waals surface area contributed by atoms with Crippen LogP contribution in [-0.2, 0) is 14.3 Å². The summed E-state index contributed by atoms with van der Waals surface area (Å²) >= 11 is 0. The topological polar surface area (TPSA) is 83.5 Å². The van der Waals surface area contributed by atoms with Crippen LogP contribution in [0.5, 0.6) is 17.2 Å². The highest BCUT2D eigenvalue weighted by molar-refractivity contribution is 5.89. The molecule has 2 aromatic carbocycles. The number of nitrogens with zero attached hydrogens (tertiary/aromatic N) is 1. The van der Waals surface area contributed by atoms with E-state index in [-0.39, 0.29) is 30.3 Å². The molecule has 186 valence electrons. The number of rotatable bonds is 8. The van der Waals surface area contributed by atoms with Gasteiger partial charge in [-0.1, -0.05) is 18.2 Å². The minimum Gasteiger partial charge on any atom is -0.493 e. The third-order valence-corrected chi connectivity index (χ3v) is 6.72. The van der Waals surface area contributed by atoms with Crippen molar-refractivity contribution in [1.29, 1.82) is 0 Å². The Balaban J connectivity index is 1.37. The number of hydrogen-bond acceptors (Lipinski definition) is 8. The average Bonchev–Trinajstić information content (AvgIpc) is 3.03. The van der Waals surface area contributed by atoms with Crippen LogP contribution >= 0.6 is 0 Å². The lowest BCUT2D eigenvalue weighted by Crippen LogP contribution is -2.46. The summed E-state index contributed by atoms with van der Waals surface area (Å²) in [5, 5.41) is 0. The second-order valence-electron chi connectivity index (χ2n) is 8.75. The maximum Gasteiger partial charge on any atom is 0.338 e. The summed E-state index contributed by atoms with van der Waals surface area (Å²) in [6, 6.07) is 12.7. The Hall–Kier alpha value is -3.52. The van der Waals surface area contributed by atoms with Crippen molar-refractivity contribution in [3.63, 3.8) is 0 Å². The molecule has 2 heterocycles. The van der Waals surface area contributed by atoms with Gasteiger partial charge in [-0.2, -0.15) is 0 Å². The molecule has 8 heteroatoms. The van der Waals surface area contributed by atoms with E-state index >= 15 is 0 Å². The molecular formula is C27H31NO7. The van der Waals surface area contributed by atoms with Gasteiger partial charge >= 0.3 is 11.9 Å². The van der Waals surface area contributed by atoms with Crippen molar-refractivity contribution >= 4 is 18.0 Å². The average molecular weight is 482 g/mol. The number of carbonyl (C=O) groups excluding carboxylic acids is 2. The molecule has 8 nitrogen and oxygen atoms in total. The van der Waals surface area contributed by atoms with Crippen molar-refractivity contribution in [1.82, 2.24) is 4.90 Å². The molecule has 0 spiro atoms. The van der Waals surface area contributed by atoms with Gasteiger partial charge < -0.3 is 23.7 Å². The Bertz CT molecular complexity index is 1060. The summed E-state index contributed by atoms with van der Waals surface area (Å²) in [6.07, 6.45) is 4.64. The predicted molar refractivity (Wildman–Crippen MR) is 130 cm³/mol. The first kappa shape index (κ1) is 24.6. The van der Waals surface area contributed by atoms with Gasteiger partial charge in [0, 0.05) is 31.4 Å². The highest BCUT2D eigenvalue weighted by atomic mass is 16.6. The van der Waals surface area contributed by atoms with E-state index in [0.29, 0.717) is 41.2 Å². The van der Waals surface area contributed by atoms with Crippen molar-refractivity contribution < 1.29 is 33.3 Å². The third-order valence-electron chi connectivity index (χ3n) is 6.72. The normalized spacial score (nSPS) is 23.7. The Morgan fingerprint density at radius 2 is 1.60 bits per heavy atom. The van der Waals surface area contributed by atoms with Gasteiger partial charge in [0.2, 0.25) is 5.75 Å². The number of piperidine rings is 1. The molecule has 0 radical (unpaired) electrons. The highest BCUT2D eigenvalue weighted by Crippen LogP contribution is 2.39. The zero-order chi connectivity index (χ0) is 24.9. The largest absolute Gasteiger partial charge is 0.493 e. The maximum absolute atomic E-state index is 12.6. The molecule has 0 amide bonds. The summed E-state index contributed by atoms with van der Waals surface area (Å²) in [5.74, 6) is 0.744. The van der Waals surface area contributed by atoms with E-state index in [1.165, 1.54) is 27.4 Å². The molecule has 2 aliphatic heterocycles. The van der Waals surface area contributed by atoms with Gasteiger partial charge in [-0.15, -0.1) is 0 Å². The van der Waals surface area contributed by atoms with Crippen LogP contribution in [-0.4, -0.2) is 69.5 Å². The van der Waals surface area contributed by atoms with E-state index in [4.69, 9.17) is 23.7 Å². The zero-order valence-electron chi connectivity index (χ0n) is 20.4. The molecule has 2 aliphatic rings. The van der Waals surface area contributed by atoms with E-state index < -0.39 is 5.97 Å². The van der Waals surface area contributed by atoms with Crippen LogP contribution in [0, 0.1) is 0 Å². The number of hydrogen-bond donors (Lipinski definition) is 0. The number of benzene rings is 2. The minimum atomic E-state index is -0.425. The van der Waals surface area contributed by atoms with Crippen molar-refractivity contribution in [3.8, 4) is 17.2 Å². The fraction of sp³-hybridized carbons (Fsp3) is 0.407. The van der Waals surface area contributed by atoms with Gasteiger partial charge in [0.05, 0.1) is 32.9 Å². The summed E-state index contributed by atoms with van der Waals surface area (Å²) < 4.78 is 27.6. The SMILES string of the molecule is COc1cc(/C=C\C(=O)O[C@H]2CC3C[C@H](OC(=O)c4ccccc4)C(C2)N3C)cc(OC)c1OC. The van der Waals surface area contributed by atoms with Crippen LogP contribution in [0.4, 0.5) is 0 Å². The van der Waals surface area contributed by atoms with E-state index in [0.717, 1.165) is 6.42 Å². The van der Waals surface area contributed by atoms with Crippen LogP contribution in [0.3, 0.4) is 0 Å². The van der Waals surface area contributed by atoms with Crippen molar-refractivity contribution in [2.75, 3.05) is 28.4 Å². The number of ether oxygens (including phenoxy) is 5. The maximum atomic E-state index is 12.6. The Morgan fingerprint density at radius 1 is 0.914 bits per heavy atom. The monoisotopic (exact) mass is 481 g/mol. The fourth-order valence-corrected chi connectivity index (χ4v) is 4.94. The zero-order valence-corrected chi connectivity index (χ0v) is 20.4. The van der Waals surface area contributed by atoms with E-state index in [9.17, 15) is 9.59 Å². The fourth-order valence-electron chi connectivity index (χ4n) is 4.94. The molecule has 0 saturated carbocycles. The first-order valence-electron chi connectivity index (χ1n) is 11.6. The molecular weight excluding hydrogens is 450 g/mol. The van der Waals surface area contributed by atoms with Crippen LogP contribution in [0.2, 0.25) is 0 Å². The molecule has 0 aliphatic carbocycles. The van der Waals surface area contributed by atoms with Crippen LogP contribution in [0.15, 0.2) is 48.5 Å². The Kier molecular flexibility index (Phi) is 7.60. The quantitative estimate of drug-likeness (QED) is 0.417. The lowest BCUT2D eigenvalue weighted by molar-refractivity contribution is -0.146. The summed E-state index contributed by atoms with van der Waals surface area (Å²) in [6.45, 7) is 0. The number of fused-ring (bicyclic) bond motifs is 2. The Labute approximate surface area is 205 Å². The molecule has 2 saturated heterocycles. The van der Waals surface area contributed by atoms with Gasteiger partial charge in [-0.25, -0.2) is 9.59 Å². The molecule has 0 aromatic heterocycles. The van der Waals surface area contributed by atoms with Gasteiger partial charge in [-0.05, 0) is 43.0 Å². The molecule has 4 rings (SSSR count). The molecule has 0 N–H and O–H groups in total. The molecule has 2 unspecified atom stereocenters. The van der Waals surface area contributed by atoms with Crippen LogP contribution in [0.25, 0.3) is 6.08 Å². The van der Waals surface area contributed by atoms with Crippen molar-refractivity contribution in [2.45, 2.75) is 43.6 Å². The summed E-state index contributed by atoms with van der Waals surface area (Å²) in [4.78, 5) is 27.4. The Morgan fingerprint density at radius 3 is 2.23 bits per heavy atom. The van der Waals surface area contributed by atoms with E-state index in [1.807, 2.05) is 25.2 Å². The van der Waals surface area contributed by atoms with Gasteiger partial charge in [-0.3, -0.25) is 4.90 Å². The number of methoxy groups -OCH3 is 3. The van der Waals surface area contributed by atoms with Crippen molar-refractivity contribution in [2.24, 2.45) is 0 Å². The molecule has 35 heavy (non-hydrogen) atoms. The second kappa shape index (κ2) is 10.8. The first-order valence-corrected chi connectivity index (χ1v) is 11.6. The van der Waals surface area contributed by atoms with Crippen LogP contribution < -0.4 is 14.2 Å². The lowest BCUT2D eigenvalue weighted by Gasteiger charge is -2.36. The first-order chi connectivity index (χ1) is 16.9. The summed E-state index contributed by atoms with van der Waals surface area (Å²) in [7, 11) is 6.65. The van der Waals surface area contributed by atoms with Gasteiger partial charge in [0.15, 0.2) is 11.5 Å². The van der Waals surface area contributed by atoms with Gasteiger partial charge in [0.25, 0.3) is 0 Å². The van der Waals surface area contributed by atoms with E-state index in [1.54, 1.807) is 30.3 Å². The van der Waals surface area contributed by atoms with Crippen molar-refractivity contribution in [3.05, 3.63) is 59.7 Å². The standard InChI is InChI=1S/C27H31NO7/c1-28-19-14-20(16-21(28)22(15-19)35-27(30)18-8-6-5-7-9-18)34-25(29)11-10-17-12-23(31-2)26(33-4)24(13-17)32-3/h5-13,19-22H,14-16H2,1-4H3/b11-10-/t19?,20-,21?,22-/m0/s1. The second-order valence-corrected chi connectivity index (χ2v) is 8.75. The molecule has 4 atom stereocenters. The minimum absolute atomic E-state index is 0.0123. The predicted octanol–water partition coefficient (Wildman–Crippen LogP) is 3.73.